The first kappa shape index (κ1) is 19.6. The highest BCUT2D eigenvalue weighted by atomic mass is 32.2. The summed E-state index contributed by atoms with van der Waals surface area (Å²) in [6.45, 7) is 10.3. The zero-order chi connectivity index (χ0) is 19.6. The fourth-order valence-corrected chi connectivity index (χ4v) is 5.43. The SMILES string of the molecule is C=C(/C=C/c1ccccc1)[C@@H]1C[C@H](C(C)C)N1S(=O)(=O)c1ccc(C)cc1. The van der Waals surface area contributed by atoms with Gasteiger partial charge in [0.25, 0.3) is 0 Å². The van der Waals surface area contributed by atoms with Crippen LogP contribution >= 0.6 is 0 Å². The van der Waals surface area contributed by atoms with Gasteiger partial charge < -0.3 is 0 Å². The highest BCUT2D eigenvalue weighted by Gasteiger charge is 2.48. The standard InChI is InChI=1S/C23H27NO2S/c1-17(2)22-16-23(19(4)12-13-20-8-6-5-7-9-20)24(22)27(25,26)21-14-10-18(3)11-15-21/h5-15,17,22-23H,4,16H2,1-3H3/b13-12+/t22-,23+/m1/s1. The maximum Gasteiger partial charge on any atom is 0.243 e. The van der Waals surface area contributed by atoms with Gasteiger partial charge in [-0.3, -0.25) is 0 Å². The Labute approximate surface area is 163 Å². The third-order valence-electron chi connectivity index (χ3n) is 5.18. The first-order valence-corrected chi connectivity index (χ1v) is 10.8. The van der Waals surface area contributed by atoms with Crippen LogP contribution in [0.15, 0.2) is 77.7 Å². The minimum atomic E-state index is -3.55. The second-order valence-electron chi connectivity index (χ2n) is 7.53. The quantitative estimate of drug-likeness (QED) is 0.657. The molecule has 0 N–H and O–H groups in total. The zero-order valence-corrected chi connectivity index (χ0v) is 17.0. The number of hydrogen-bond donors (Lipinski definition) is 0. The van der Waals surface area contributed by atoms with Gasteiger partial charge in [-0.15, -0.1) is 0 Å². The second kappa shape index (κ2) is 7.83. The van der Waals surface area contributed by atoms with E-state index < -0.39 is 10.0 Å². The van der Waals surface area contributed by atoms with Crippen molar-refractivity contribution < 1.29 is 8.42 Å². The van der Waals surface area contributed by atoms with E-state index in [-0.39, 0.29) is 18.0 Å². The fraction of sp³-hybridized carbons (Fsp3) is 0.304. The molecular weight excluding hydrogens is 354 g/mol. The first-order valence-electron chi connectivity index (χ1n) is 9.33. The van der Waals surface area contributed by atoms with Gasteiger partial charge >= 0.3 is 0 Å². The topological polar surface area (TPSA) is 37.4 Å². The normalized spacial score (nSPS) is 20.7. The van der Waals surface area contributed by atoms with E-state index in [1.807, 2.05) is 61.5 Å². The van der Waals surface area contributed by atoms with Gasteiger partial charge in [0.1, 0.15) is 0 Å². The predicted octanol–water partition coefficient (Wildman–Crippen LogP) is 5.05. The van der Waals surface area contributed by atoms with Crippen molar-refractivity contribution in [2.24, 2.45) is 5.92 Å². The predicted molar refractivity (Wildman–Crippen MR) is 112 cm³/mol. The number of hydrogen-bond acceptors (Lipinski definition) is 2. The van der Waals surface area contributed by atoms with E-state index in [0.717, 1.165) is 23.1 Å². The molecule has 1 aliphatic rings. The summed E-state index contributed by atoms with van der Waals surface area (Å²) in [7, 11) is -3.55. The number of nitrogens with zero attached hydrogens (tertiary/aromatic N) is 1. The summed E-state index contributed by atoms with van der Waals surface area (Å²) in [4.78, 5) is 0.350. The average molecular weight is 382 g/mol. The molecular formula is C23H27NO2S. The van der Waals surface area contributed by atoms with Crippen LogP contribution in [0, 0.1) is 12.8 Å². The van der Waals surface area contributed by atoms with Crippen molar-refractivity contribution in [3.8, 4) is 0 Å². The monoisotopic (exact) mass is 381 g/mol. The van der Waals surface area contributed by atoms with Gasteiger partial charge in [0.2, 0.25) is 10.0 Å². The highest BCUT2D eigenvalue weighted by Crippen LogP contribution is 2.40. The Bertz CT molecular complexity index is 928. The van der Waals surface area contributed by atoms with Crippen LogP contribution < -0.4 is 0 Å². The molecule has 2 atom stereocenters. The first-order chi connectivity index (χ1) is 12.8. The third kappa shape index (κ3) is 4.07. The third-order valence-corrected chi connectivity index (χ3v) is 7.13. The molecule has 2 aromatic rings. The lowest BCUT2D eigenvalue weighted by Crippen LogP contribution is -2.60. The molecule has 0 amide bonds. The summed E-state index contributed by atoms with van der Waals surface area (Å²) in [6, 6.07) is 16.9. The summed E-state index contributed by atoms with van der Waals surface area (Å²) >= 11 is 0. The molecule has 1 saturated heterocycles. The van der Waals surface area contributed by atoms with Crippen LogP contribution in [0.2, 0.25) is 0 Å². The summed E-state index contributed by atoms with van der Waals surface area (Å²) < 4.78 is 28.2. The summed E-state index contributed by atoms with van der Waals surface area (Å²) in [5.41, 5.74) is 2.95. The average Bonchev–Trinajstić information content (AvgIpc) is 2.59. The Morgan fingerprint density at radius 2 is 1.74 bits per heavy atom. The molecule has 0 bridgehead atoms. The van der Waals surface area contributed by atoms with Crippen molar-refractivity contribution in [1.29, 1.82) is 0 Å². The number of aryl methyl sites for hydroxylation is 1. The summed E-state index contributed by atoms with van der Waals surface area (Å²) in [5.74, 6) is 0.257. The Kier molecular flexibility index (Phi) is 5.68. The molecule has 0 saturated carbocycles. The molecule has 1 fully saturated rings. The van der Waals surface area contributed by atoms with E-state index >= 15 is 0 Å². The van der Waals surface area contributed by atoms with E-state index in [4.69, 9.17) is 0 Å². The molecule has 1 aliphatic heterocycles. The van der Waals surface area contributed by atoms with Crippen LogP contribution in [0.5, 0.6) is 0 Å². The lowest BCUT2D eigenvalue weighted by Gasteiger charge is -2.49. The fourth-order valence-electron chi connectivity index (χ4n) is 3.47. The van der Waals surface area contributed by atoms with E-state index in [0.29, 0.717) is 4.90 Å². The molecule has 2 aromatic carbocycles. The van der Waals surface area contributed by atoms with Crippen molar-refractivity contribution >= 4 is 16.1 Å². The van der Waals surface area contributed by atoms with Crippen LogP contribution in [-0.4, -0.2) is 24.8 Å². The molecule has 3 nitrogen and oxygen atoms in total. The van der Waals surface area contributed by atoms with Gasteiger partial charge in [0.15, 0.2) is 0 Å². The minimum absolute atomic E-state index is 0.00294. The van der Waals surface area contributed by atoms with Gasteiger partial charge in [-0.05, 0) is 42.5 Å². The minimum Gasteiger partial charge on any atom is -0.207 e. The lowest BCUT2D eigenvalue weighted by atomic mass is 9.84. The number of rotatable bonds is 6. The Morgan fingerprint density at radius 3 is 2.33 bits per heavy atom. The van der Waals surface area contributed by atoms with Crippen molar-refractivity contribution in [1.82, 2.24) is 4.31 Å². The molecule has 0 unspecified atom stereocenters. The van der Waals surface area contributed by atoms with Crippen molar-refractivity contribution in [2.75, 3.05) is 0 Å². The summed E-state index contributed by atoms with van der Waals surface area (Å²) in [6.07, 6.45) is 4.73. The van der Waals surface area contributed by atoms with E-state index in [2.05, 4.69) is 20.4 Å². The van der Waals surface area contributed by atoms with Crippen LogP contribution in [0.3, 0.4) is 0 Å². The Hall–Kier alpha value is -2.17. The van der Waals surface area contributed by atoms with Gasteiger partial charge in [0, 0.05) is 6.04 Å². The highest BCUT2D eigenvalue weighted by molar-refractivity contribution is 7.89. The van der Waals surface area contributed by atoms with Gasteiger partial charge in [-0.25, -0.2) is 8.42 Å². The lowest BCUT2D eigenvalue weighted by molar-refractivity contribution is 0.0994. The smallest absolute Gasteiger partial charge is 0.207 e. The van der Waals surface area contributed by atoms with E-state index in [9.17, 15) is 8.42 Å². The molecule has 1 heterocycles. The molecule has 3 rings (SSSR count). The molecule has 0 aromatic heterocycles. The molecule has 0 aliphatic carbocycles. The summed E-state index contributed by atoms with van der Waals surface area (Å²) in [5, 5.41) is 0. The number of benzene rings is 2. The molecule has 142 valence electrons. The zero-order valence-electron chi connectivity index (χ0n) is 16.2. The van der Waals surface area contributed by atoms with Crippen molar-refractivity contribution in [2.45, 2.75) is 44.2 Å². The van der Waals surface area contributed by atoms with Crippen LogP contribution in [0.4, 0.5) is 0 Å². The van der Waals surface area contributed by atoms with E-state index in [1.165, 1.54) is 0 Å². The molecule has 4 heteroatoms. The largest absolute Gasteiger partial charge is 0.243 e. The second-order valence-corrected chi connectivity index (χ2v) is 9.37. The Morgan fingerprint density at radius 1 is 1.11 bits per heavy atom. The van der Waals surface area contributed by atoms with Crippen LogP contribution in [-0.2, 0) is 10.0 Å². The van der Waals surface area contributed by atoms with Gasteiger partial charge in [-0.2, -0.15) is 4.31 Å². The van der Waals surface area contributed by atoms with Gasteiger partial charge in [0.05, 0.1) is 10.9 Å². The van der Waals surface area contributed by atoms with Crippen LogP contribution in [0.25, 0.3) is 6.08 Å². The number of sulfonamides is 1. The maximum atomic E-state index is 13.3. The van der Waals surface area contributed by atoms with E-state index in [1.54, 1.807) is 16.4 Å². The molecule has 27 heavy (non-hydrogen) atoms. The van der Waals surface area contributed by atoms with Crippen LogP contribution in [0.1, 0.15) is 31.4 Å². The molecule has 0 radical (unpaired) electrons. The van der Waals surface area contributed by atoms with Crippen molar-refractivity contribution in [3.05, 3.63) is 84.0 Å². The Balaban J connectivity index is 1.86. The van der Waals surface area contributed by atoms with Crippen molar-refractivity contribution in [3.63, 3.8) is 0 Å². The molecule has 0 spiro atoms. The van der Waals surface area contributed by atoms with Gasteiger partial charge in [-0.1, -0.05) is 80.6 Å². The maximum absolute atomic E-state index is 13.3.